The second-order valence-electron chi connectivity index (χ2n) is 4.57. The average Bonchev–Trinajstić information content (AvgIpc) is 3.08. The fourth-order valence-electron chi connectivity index (χ4n) is 1.82. The summed E-state index contributed by atoms with van der Waals surface area (Å²) in [5.74, 6) is 1.60. The number of thioether (sulfide) groups is 1. The van der Waals surface area contributed by atoms with Crippen molar-refractivity contribution in [3.8, 4) is 23.0 Å². The molecule has 9 heteroatoms. The molecule has 130 valence electrons. The van der Waals surface area contributed by atoms with Crippen LogP contribution < -0.4 is 14.8 Å². The number of hydrogen-bond acceptors (Lipinski definition) is 8. The molecule has 0 fully saturated rings. The molecule has 0 atom stereocenters. The highest BCUT2D eigenvalue weighted by atomic mass is 32.2. The predicted octanol–water partition coefficient (Wildman–Crippen LogP) is 1.61. The van der Waals surface area contributed by atoms with E-state index in [-0.39, 0.29) is 11.7 Å². The van der Waals surface area contributed by atoms with E-state index in [1.165, 1.54) is 0 Å². The Morgan fingerprint density at radius 2 is 2.08 bits per heavy atom. The van der Waals surface area contributed by atoms with Crippen LogP contribution in [0.1, 0.15) is 0 Å². The van der Waals surface area contributed by atoms with Crippen molar-refractivity contribution in [2.75, 3.05) is 40.2 Å². The normalized spacial score (nSPS) is 10.5. The highest BCUT2D eigenvalue weighted by molar-refractivity contribution is 7.99. The quantitative estimate of drug-likeness (QED) is 0.536. The van der Waals surface area contributed by atoms with Gasteiger partial charge in [0.05, 0.1) is 32.1 Å². The molecule has 0 aliphatic rings. The van der Waals surface area contributed by atoms with Gasteiger partial charge >= 0.3 is 0 Å². The first-order valence-electron chi connectivity index (χ1n) is 7.12. The molecule has 0 aliphatic carbocycles. The van der Waals surface area contributed by atoms with Gasteiger partial charge < -0.3 is 23.9 Å². The number of nitrogens with zero attached hydrogens (tertiary/aromatic N) is 2. The standard InChI is InChI=1S/C15H19N3O5S/c1-20-7-6-16-13(19)9-24-15-18-17-14(23-15)11-5-4-10(21-2)8-12(11)22-3/h4-5,8H,6-7,9H2,1-3H3,(H,16,19). The molecule has 0 aliphatic heterocycles. The van der Waals surface area contributed by atoms with E-state index in [2.05, 4.69) is 15.5 Å². The van der Waals surface area contributed by atoms with Crippen molar-refractivity contribution in [1.82, 2.24) is 15.5 Å². The van der Waals surface area contributed by atoms with Crippen molar-refractivity contribution < 1.29 is 23.4 Å². The zero-order valence-electron chi connectivity index (χ0n) is 13.7. The van der Waals surface area contributed by atoms with Gasteiger partial charge in [0.2, 0.25) is 5.91 Å². The summed E-state index contributed by atoms with van der Waals surface area (Å²) in [5.41, 5.74) is 0.655. The number of nitrogens with one attached hydrogen (secondary N) is 1. The highest BCUT2D eigenvalue weighted by Gasteiger charge is 2.15. The Morgan fingerprint density at radius 1 is 1.25 bits per heavy atom. The first-order valence-corrected chi connectivity index (χ1v) is 8.10. The molecule has 2 rings (SSSR count). The maximum atomic E-state index is 11.6. The predicted molar refractivity (Wildman–Crippen MR) is 88.4 cm³/mol. The van der Waals surface area contributed by atoms with Crippen molar-refractivity contribution in [3.05, 3.63) is 18.2 Å². The maximum Gasteiger partial charge on any atom is 0.277 e. The molecule has 0 unspecified atom stereocenters. The second kappa shape index (κ2) is 9.14. The van der Waals surface area contributed by atoms with E-state index in [4.69, 9.17) is 18.6 Å². The third-order valence-corrected chi connectivity index (χ3v) is 3.82. The summed E-state index contributed by atoms with van der Waals surface area (Å²) in [6.45, 7) is 0.937. The summed E-state index contributed by atoms with van der Waals surface area (Å²) in [5, 5.41) is 11.0. The summed E-state index contributed by atoms with van der Waals surface area (Å²) in [4.78, 5) is 11.6. The Labute approximate surface area is 143 Å². The van der Waals surface area contributed by atoms with Crippen LogP contribution in [0.25, 0.3) is 11.5 Å². The summed E-state index contributed by atoms with van der Waals surface area (Å²) < 4.78 is 20.9. The van der Waals surface area contributed by atoms with Crippen LogP contribution in [0.3, 0.4) is 0 Å². The Bertz CT molecular complexity index is 677. The van der Waals surface area contributed by atoms with Gasteiger partial charge in [0.1, 0.15) is 11.5 Å². The van der Waals surface area contributed by atoms with Gasteiger partial charge in [-0.15, -0.1) is 10.2 Å². The third kappa shape index (κ3) is 4.87. The van der Waals surface area contributed by atoms with Crippen molar-refractivity contribution >= 4 is 17.7 Å². The van der Waals surface area contributed by atoms with Crippen LogP contribution in [0.5, 0.6) is 11.5 Å². The molecular weight excluding hydrogens is 334 g/mol. The van der Waals surface area contributed by atoms with Crippen LogP contribution in [-0.4, -0.2) is 56.3 Å². The lowest BCUT2D eigenvalue weighted by atomic mass is 10.2. The van der Waals surface area contributed by atoms with E-state index >= 15 is 0 Å². The van der Waals surface area contributed by atoms with Gasteiger partial charge in [-0.1, -0.05) is 11.8 Å². The van der Waals surface area contributed by atoms with Gasteiger partial charge in [0.15, 0.2) is 0 Å². The van der Waals surface area contributed by atoms with Gasteiger partial charge in [-0.2, -0.15) is 0 Å². The number of aromatic nitrogens is 2. The molecule has 8 nitrogen and oxygen atoms in total. The monoisotopic (exact) mass is 353 g/mol. The largest absolute Gasteiger partial charge is 0.497 e. The van der Waals surface area contributed by atoms with Gasteiger partial charge in [0, 0.05) is 19.7 Å². The van der Waals surface area contributed by atoms with E-state index in [1.54, 1.807) is 39.5 Å². The van der Waals surface area contributed by atoms with Crippen LogP contribution in [0, 0.1) is 0 Å². The molecule has 24 heavy (non-hydrogen) atoms. The van der Waals surface area contributed by atoms with Crippen LogP contribution >= 0.6 is 11.8 Å². The van der Waals surface area contributed by atoms with Gasteiger partial charge in [-0.3, -0.25) is 4.79 Å². The lowest BCUT2D eigenvalue weighted by molar-refractivity contribution is -0.118. The van der Waals surface area contributed by atoms with Crippen molar-refractivity contribution in [3.63, 3.8) is 0 Å². The Morgan fingerprint density at radius 3 is 2.79 bits per heavy atom. The van der Waals surface area contributed by atoms with Gasteiger partial charge in [0.25, 0.3) is 11.1 Å². The molecule has 0 spiro atoms. The number of carbonyl (C=O) groups is 1. The molecule has 0 bridgehead atoms. The minimum atomic E-state index is -0.126. The molecule has 1 heterocycles. The smallest absolute Gasteiger partial charge is 0.277 e. The second-order valence-corrected chi connectivity index (χ2v) is 5.50. The van der Waals surface area contributed by atoms with Crippen LogP contribution in [0.4, 0.5) is 0 Å². The lowest BCUT2D eigenvalue weighted by Crippen LogP contribution is -2.28. The van der Waals surface area contributed by atoms with Crippen LogP contribution in [0.2, 0.25) is 0 Å². The van der Waals surface area contributed by atoms with Crippen molar-refractivity contribution in [1.29, 1.82) is 0 Å². The number of rotatable bonds is 9. The molecule has 0 saturated heterocycles. The Balaban J connectivity index is 1.99. The molecule has 0 saturated carbocycles. The molecule has 0 radical (unpaired) electrons. The molecule has 1 N–H and O–H groups in total. The fraction of sp³-hybridized carbons (Fsp3) is 0.400. The highest BCUT2D eigenvalue weighted by Crippen LogP contribution is 2.33. The number of hydrogen-bond donors (Lipinski definition) is 1. The van der Waals surface area contributed by atoms with E-state index in [1.807, 2.05) is 0 Å². The molecule has 1 amide bonds. The van der Waals surface area contributed by atoms with Crippen molar-refractivity contribution in [2.45, 2.75) is 5.22 Å². The minimum Gasteiger partial charge on any atom is -0.497 e. The third-order valence-electron chi connectivity index (χ3n) is 3.00. The lowest BCUT2D eigenvalue weighted by Gasteiger charge is -2.07. The molecule has 1 aromatic heterocycles. The van der Waals surface area contributed by atoms with Gasteiger partial charge in [-0.05, 0) is 12.1 Å². The Hall–Kier alpha value is -2.26. The van der Waals surface area contributed by atoms with E-state index in [9.17, 15) is 4.79 Å². The Kier molecular flexibility index (Phi) is 6.89. The zero-order valence-corrected chi connectivity index (χ0v) is 14.5. The van der Waals surface area contributed by atoms with Crippen LogP contribution in [-0.2, 0) is 9.53 Å². The first-order chi connectivity index (χ1) is 11.7. The first kappa shape index (κ1) is 18.1. The number of carbonyl (C=O) groups excluding carboxylic acids is 1. The van der Waals surface area contributed by atoms with E-state index in [0.717, 1.165) is 11.8 Å². The maximum absolute atomic E-state index is 11.6. The number of amides is 1. The number of methoxy groups -OCH3 is 3. The minimum absolute atomic E-state index is 0.126. The zero-order chi connectivity index (χ0) is 17.4. The summed E-state index contributed by atoms with van der Waals surface area (Å²) in [6.07, 6.45) is 0. The summed E-state index contributed by atoms with van der Waals surface area (Å²) in [6, 6.07) is 5.28. The summed E-state index contributed by atoms with van der Waals surface area (Å²) in [7, 11) is 4.70. The topological polar surface area (TPSA) is 95.7 Å². The van der Waals surface area contributed by atoms with E-state index in [0.29, 0.717) is 41.3 Å². The summed E-state index contributed by atoms with van der Waals surface area (Å²) >= 11 is 1.16. The molecular formula is C15H19N3O5S. The van der Waals surface area contributed by atoms with E-state index < -0.39 is 0 Å². The van der Waals surface area contributed by atoms with Gasteiger partial charge in [-0.25, -0.2) is 0 Å². The SMILES string of the molecule is COCCNC(=O)CSc1nnc(-c2ccc(OC)cc2OC)o1. The van der Waals surface area contributed by atoms with Crippen molar-refractivity contribution in [2.24, 2.45) is 0 Å². The van der Waals surface area contributed by atoms with Crippen LogP contribution in [0.15, 0.2) is 27.8 Å². The molecule has 1 aromatic carbocycles. The average molecular weight is 353 g/mol. The number of benzene rings is 1. The fourth-order valence-corrected chi connectivity index (χ4v) is 2.42. The molecule has 2 aromatic rings. The number of ether oxygens (including phenoxy) is 3.